The van der Waals surface area contributed by atoms with Crippen molar-refractivity contribution in [2.45, 2.75) is 13.2 Å². The number of nitrogens with zero attached hydrogens (tertiary/aromatic N) is 1. The summed E-state index contributed by atoms with van der Waals surface area (Å²) in [6, 6.07) is 10.1. The molecule has 1 N–H and O–H groups in total. The van der Waals surface area contributed by atoms with Crippen LogP contribution in [0, 0.1) is 0 Å². The lowest BCUT2D eigenvalue weighted by atomic mass is 10.3. The second-order valence-corrected chi connectivity index (χ2v) is 4.66. The fourth-order valence-corrected chi connectivity index (χ4v) is 2.07. The summed E-state index contributed by atoms with van der Waals surface area (Å²) >= 11 is 1.73. The first-order valence-corrected chi connectivity index (χ1v) is 6.54. The lowest BCUT2D eigenvalue weighted by Crippen LogP contribution is -2.19. The number of thiophene rings is 1. The molecule has 0 unspecified atom stereocenters. The zero-order valence-corrected chi connectivity index (χ0v) is 10.5. The largest absolute Gasteiger partial charge is 0.375 e. The predicted octanol–water partition coefficient (Wildman–Crippen LogP) is 2.45. The summed E-state index contributed by atoms with van der Waals surface area (Å²) in [5.41, 5.74) is 1.06. The van der Waals surface area contributed by atoms with Gasteiger partial charge in [-0.3, -0.25) is 4.98 Å². The Hall–Kier alpha value is -1.23. The van der Waals surface area contributed by atoms with Crippen LogP contribution in [0.25, 0.3) is 0 Å². The number of hydrogen-bond donors (Lipinski definition) is 1. The van der Waals surface area contributed by atoms with E-state index in [0.29, 0.717) is 6.61 Å². The minimum Gasteiger partial charge on any atom is -0.375 e. The lowest BCUT2D eigenvalue weighted by molar-refractivity contribution is 0.124. The molecular weight excluding hydrogens is 232 g/mol. The molecule has 2 aromatic rings. The highest BCUT2D eigenvalue weighted by atomic mass is 32.1. The quantitative estimate of drug-likeness (QED) is 0.764. The van der Waals surface area contributed by atoms with Crippen LogP contribution >= 0.6 is 11.3 Å². The van der Waals surface area contributed by atoms with Crippen LogP contribution in [0.4, 0.5) is 0 Å². The van der Waals surface area contributed by atoms with Crippen molar-refractivity contribution in [3.05, 3.63) is 52.5 Å². The van der Waals surface area contributed by atoms with Gasteiger partial charge in [-0.15, -0.1) is 11.3 Å². The van der Waals surface area contributed by atoms with Gasteiger partial charge in [-0.1, -0.05) is 12.1 Å². The maximum atomic E-state index is 5.54. The maximum Gasteiger partial charge on any atom is 0.0809 e. The zero-order chi connectivity index (χ0) is 11.8. The molecule has 4 heteroatoms. The Labute approximate surface area is 105 Å². The summed E-state index contributed by atoms with van der Waals surface area (Å²) in [6.45, 7) is 3.08. The third-order valence-corrected chi connectivity index (χ3v) is 3.13. The van der Waals surface area contributed by atoms with E-state index < -0.39 is 0 Å². The number of nitrogens with one attached hydrogen (secondary N) is 1. The molecule has 0 saturated carbocycles. The van der Waals surface area contributed by atoms with Gasteiger partial charge in [0.2, 0.25) is 0 Å². The summed E-state index contributed by atoms with van der Waals surface area (Å²) < 4.78 is 5.54. The van der Waals surface area contributed by atoms with Gasteiger partial charge in [0.05, 0.1) is 18.9 Å². The van der Waals surface area contributed by atoms with E-state index in [1.165, 1.54) is 4.88 Å². The molecule has 90 valence electrons. The second-order valence-electron chi connectivity index (χ2n) is 3.63. The first-order valence-electron chi connectivity index (χ1n) is 5.66. The van der Waals surface area contributed by atoms with Gasteiger partial charge in [0.15, 0.2) is 0 Å². The maximum absolute atomic E-state index is 5.54. The van der Waals surface area contributed by atoms with E-state index in [1.54, 1.807) is 11.3 Å². The van der Waals surface area contributed by atoms with Crippen LogP contribution in [0.1, 0.15) is 10.6 Å². The number of pyridine rings is 1. The molecule has 0 aliphatic heterocycles. The van der Waals surface area contributed by atoms with Crippen LogP contribution in [0.2, 0.25) is 0 Å². The van der Waals surface area contributed by atoms with Gasteiger partial charge in [0, 0.05) is 24.2 Å². The van der Waals surface area contributed by atoms with Gasteiger partial charge in [-0.2, -0.15) is 0 Å². The summed E-state index contributed by atoms with van der Waals surface area (Å²) in [7, 11) is 0. The highest BCUT2D eigenvalue weighted by Gasteiger charge is 1.94. The van der Waals surface area contributed by atoms with Crippen LogP contribution in [0.5, 0.6) is 0 Å². The Bertz CT molecular complexity index is 403. The van der Waals surface area contributed by atoms with E-state index in [2.05, 4.69) is 21.7 Å². The van der Waals surface area contributed by atoms with Crippen LogP contribution in [0.3, 0.4) is 0 Å². The number of rotatable bonds is 7. The van der Waals surface area contributed by atoms with Gasteiger partial charge >= 0.3 is 0 Å². The van der Waals surface area contributed by atoms with Crippen molar-refractivity contribution in [2.24, 2.45) is 0 Å². The third kappa shape index (κ3) is 4.65. The molecule has 2 rings (SSSR count). The third-order valence-electron chi connectivity index (χ3n) is 2.28. The molecule has 0 aromatic carbocycles. The van der Waals surface area contributed by atoms with E-state index in [-0.39, 0.29) is 0 Å². The van der Waals surface area contributed by atoms with Gasteiger partial charge in [-0.05, 0) is 23.6 Å². The molecule has 0 atom stereocenters. The molecule has 17 heavy (non-hydrogen) atoms. The molecule has 0 radical (unpaired) electrons. The molecule has 3 nitrogen and oxygen atoms in total. The average molecular weight is 248 g/mol. The summed E-state index contributed by atoms with van der Waals surface area (Å²) in [6.07, 6.45) is 1.81. The van der Waals surface area contributed by atoms with E-state index in [0.717, 1.165) is 25.4 Å². The molecule has 0 aliphatic rings. The second kappa shape index (κ2) is 7.17. The smallest absolute Gasteiger partial charge is 0.0809 e. The van der Waals surface area contributed by atoms with Crippen molar-refractivity contribution < 1.29 is 4.74 Å². The standard InChI is InChI=1S/C13H16N2OS/c1-2-6-15-12(4-1)10-14-7-8-16-11-13-5-3-9-17-13/h1-6,9,14H,7-8,10-11H2. The SMILES string of the molecule is c1ccc(CNCCOCc2cccs2)nc1. The molecule has 0 aliphatic carbocycles. The number of aromatic nitrogens is 1. The lowest BCUT2D eigenvalue weighted by Gasteiger charge is -2.04. The minimum atomic E-state index is 0.711. The Morgan fingerprint density at radius 3 is 3.00 bits per heavy atom. The molecule has 2 heterocycles. The topological polar surface area (TPSA) is 34.1 Å². The Kier molecular flexibility index (Phi) is 5.16. The van der Waals surface area contributed by atoms with Crippen molar-refractivity contribution in [2.75, 3.05) is 13.2 Å². The molecule has 2 aromatic heterocycles. The Morgan fingerprint density at radius 1 is 1.24 bits per heavy atom. The molecule has 0 saturated heterocycles. The van der Waals surface area contributed by atoms with Gasteiger partial charge in [0.1, 0.15) is 0 Å². The van der Waals surface area contributed by atoms with Gasteiger partial charge < -0.3 is 10.1 Å². The molecule has 0 amide bonds. The monoisotopic (exact) mass is 248 g/mol. The summed E-state index contributed by atoms with van der Waals surface area (Å²) in [4.78, 5) is 5.51. The fourth-order valence-electron chi connectivity index (χ4n) is 1.43. The average Bonchev–Trinajstić information content (AvgIpc) is 2.88. The summed E-state index contributed by atoms with van der Waals surface area (Å²) in [5.74, 6) is 0. The first kappa shape index (κ1) is 12.2. The fraction of sp³-hybridized carbons (Fsp3) is 0.308. The van der Waals surface area contributed by atoms with Crippen molar-refractivity contribution in [3.8, 4) is 0 Å². The minimum absolute atomic E-state index is 0.711. The Balaban J connectivity index is 1.52. The van der Waals surface area contributed by atoms with Crippen LogP contribution in [-0.2, 0) is 17.9 Å². The zero-order valence-electron chi connectivity index (χ0n) is 9.63. The van der Waals surface area contributed by atoms with Crippen molar-refractivity contribution in [1.29, 1.82) is 0 Å². The molecule has 0 spiro atoms. The highest BCUT2D eigenvalue weighted by molar-refractivity contribution is 7.09. The van der Waals surface area contributed by atoms with E-state index in [9.17, 15) is 0 Å². The van der Waals surface area contributed by atoms with Crippen molar-refractivity contribution in [1.82, 2.24) is 10.3 Å². The Morgan fingerprint density at radius 2 is 2.24 bits per heavy atom. The van der Waals surface area contributed by atoms with Crippen LogP contribution in [0.15, 0.2) is 41.9 Å². The van der Waals surface area contributed by atoms with Gasteiger partial charge in [0.25, 0.3) is 0 Å². The van der Waals surface area contributed by atoms with E-state index in [4.69, 9.17) is 4.74 Å². The molecule has 0 fully saturated rings. The molecule has 0 bridgehead atoms. The number of ether oxygens (including phenoxy) is 1. The van der Waals surface area contributed by atoms with Gasteiger partial charge in [-0.25, -0.2) is 0 Å². The first-order chi connectivity index (χ1) is 8.45. The van der Waals surface area contributed by atoms with Crippen molar-refractivity contribution in [3.63, 3.8) is 0 Å². The van der Waals surface area contributed by atoms with Crippen LogP contribution < -0.4 is 5.32 Å². The molecular formula is C13H16N2OS. The highest BCUT2D eigenvalue weighted by Crippen LogP contribution is 2.08. The normalized spacial score (nSPS) is 10.6. The van der Waals surface area contributed by atoms with E-state index >= 15 is 0 Å². The summed E-state index contributed by atoms with van der Waals surface area (Å²) in [5, 5.41) is 5.37. The number of hydrogen-bond acceptors (Lipinski definition) is 4. The van der Waals surface area contributed by atoms with E-state index in [1.807, 2.05) is 30.5 Å². The van der Waals surface area contributed by atoms with Crippen molar-refractivity contribution >= 4 is 11.3 Å². The van der Waals surface area contributed by atoms with Crippen LogP contribution in [-0.4, -0.2) is 18.1 Å². The predicted molar refractivity (Wildman–Crippen MR) is 69.9 cm³/mol.